The molecular formula is C13H11NOS. The van der Waals surface area contributed by atoms with Gasteiger partial charge in [0, 0.05) is 22.9 Å². The number of pyridine rings is 1. The summed E-state index contributed by atoms with van der Waals surface area (Å²) >= 11 is 1.55. The van der Waals surface area contributed by atoms with E-state index in [0.717, 1.165) is 4.90 Å². The molecule has 3 heteroatoms. The molecule has 2 aromatic rings. The summed E-state index contributed by atoms with van der Waals surface area (Å²) in [6, 6.07) is 13.5. The van der Waals surface area contributed by atoms with Crippen LogP contribution in [0.3, 0.4) is 0 Å². The van der Waals surface area contributed by atoms with E-state index in [2.05, 4.69) is 4.98 Å². The fourth-order valence-corrected chi connectivity index (χ4v) is 2.09. The van der Waals surface area contributed by atoms with Crippen LogP contribution in [0.15, 0.2) is 59.8 Å². The van der Waals surface area contributed by atoms with Crippen LogP contribution in [-0.4, -0.2) is 16.5 Å². The van der Waals surface area contributed by atoms with Crippen LogP contribution >= 0.6 is 11.8 Å². The quantitative estimate of drug-likeness (QED) is 0.596. The monoisotopic (exact) mass is 229 g/mol. The maximum atomic E-state index is 11.8. The third-order valence-corrected chi connectivity index (χ3v) is 3.11. The average molecular weight is 229 g/mol. The Morgan fingerprint density at radius 1 is 1.12 bits per heavy atom. The van der Waals surface area contributed by atoms with Crippen LogP contribution < -0.4 is 0 Å². The second-order valence-corrected chi connectivity index (χ2v) is 4.32. The standard InChI is InChI=1S/C13H11NOS/c15-13(11-5-4-8-14-9-11)10-16-12-6-2-1-3-7-12/h1-9H,10H2. The van der Waals surface area contributed by atoms with Gasteiger partial charge in [-0.1, -0.05) is 18.2 Å². The molecule has 0 saturated heterocycles. The molecule has 2 nitrogen and oxygen atoms in total. The summed E-state index contributed by atoms with van der Waals surface area (Å²) in [5, 5.41) is 0. The molecular weight excluding hydrogens is 218 g/mol. The van der Waals surface area contributed by atoms with Gasteiger partial charge in [0.15, 0.2) is 5.78 Å². The Morgan fingerprint density at radius 2 is 1.94 bits per heavy atom. The van der Waals surface area contributed by atoms with E-state index in [-0.39, 0.29) is 5.78 Å². The van der Waals surface area contributed by atoms with Crippen molar-refractivity contribution in [3.63, 3.8) is 0 Å². The minimum Gasteiger partial charge on any atom is -0.293 e. The molecule has 0 fully saturated rings. The van der Waals surface area contributed by atoms with Crippen molar-refractivity contribution in [3.8, 4) is 0 Å². The fourth-order valence-electron chi connectivity index (χ4n) is 1.28. The first-order chi connectivity index (χ1) is 7.86. The smallest absolute Gasteiger partial charge is 0.174 e. The second-order valence-electron chi connectivity index (χ2n) is 3.27. The van der Waals surface area contributed by atoms with Crippen LogP contribution in [0.25, 0.3) is 0 Å². The summed E-state index contributed by atoms with van der Waals surface area (Å²) in [5.41, 5.74) is 0.672. The molecule has 0 atom stereocenters. The van der Waals surface area contributed by atoms with Crippen LogP contribution in [0.2, 0.25) is 0 Å². The van der Waals surface area contributed by atoms with Crippen molar-refractivity contribution >= 4 is 17.5 Å². The second kappa shape index (κ2) is 5.47. The highest BCUT2D eigenvalue weighted by atomic mass is 32.2. The first kappa shape index (κ1) is 10.9. The zero-order chi connectivity index (χ0) is 11.2. The molecule has 0 aliphatic heterocycles. The van der Waals surface area contributed by atoms with Crippen LogP contribution in [-0.2, 0) is 0 Å². The Hall–Kier alpha value is -1.61. The lowest BCUT2D eigenvalue weighted by atomic mass is 10.2. The zero-order valence-corrected chi connectivity index (χ0v) is 9.48. The van der Waals surface area contributed by atoms with Crippen molar-refractivity contribution in [2.45, 2.75) is 4.90 Å². The van der Waals surface area contributed by atoms with Gasteiger partial charge in [0.05, 0.1) is 5.75 Å². The Balaban J connectivity index is 1.95. The largest absolute Gasteiger partial charge is 0.293 e. The molecule has 0 unspecified atom stereocenters. The van der Waals surface area contributed by atoms with Crippen LogP contribution in [0.1, 0.15) is 10.4 Å². The molecule has 0 spiro atoms. The lowest BCUT2D eigenvalue weighted by Gasteiger charge is -2.00. The van der Waals surface area contributed by atoms with Crippen molar-refractivity contribution in [1.29, 1.82) is 0 Å². The van der Waals surface area contributed by atoms with Gasteiger partial charge in [-0.05, 0) is 24.3 Å². The third-order valence-electron chi connectivity index (χ3n) is 2.10. The first-order valence-electron chi connectivity index (χ1n) is 4.97. The minimum absolute atomic E-state index is 0.113. The van der Waals surface area contributed by atoms with E-state index in [1.165, 1.54) is 0 Å². The number of carbonyl (C=O) groups is 1. The Kier molecular flexibility index (Phi) is 3.72. The maximum Gasteiger partial charge on any atom is 0.174 e. The lowest BCUT2D eigenvalue weighted by Crippen LogP contribution is -2.02. The molecule has 2 rings (SSSR count). The van der Waals surface area contributed by atoms with Crippen LogP contribution in [0.5, 0.6) is 0 Å². The molecule has 0 saturated carbocycles. The van der Waals surface area contributed by atoms with E-state index in [1.807, 2.05) is 30.3 Å². The Labute approximate surface area is 98.7 Å². The highest BCUT2D eigenvalue weighted by Gasteiger charge is 2.05. The number of ketones is 1. The van der Waals surface area contributed by atoms with Gasteiger partial charge in [0.2, 0.25) is 0 Å². The highest BCUT2D eigenvalue weighted by molar-refractivity contribution is 8.00. The van der Waals surface area contributed by atoms with Gasteiger partial charge in [0.1, 0.15) is 0 Å². The van der Waals surface area contributed by atoms with Gasteiger partial charge < -0.3 is 0 Å². The lowest BCUT2D eigenvalue weighted by molar-refractivity contribution is 0.102. The SMILES string of the molecule is O=C(CSc1ccccc1)c1cccnc1. The van der Waals surface area contributed by atoms with E-state index >= 15 is 0 Å². The van der Waals surface area contributed by atoms with Gasteiger partial charge in [-0.15, -0.1) is 11.8 Å². The Morgan fingerprint density at radius 3 is 2.62 bits per heavy atom. The molecule has 1 heterocycles. The summed E-state index contributed by atoms with van der Waals surface area (Å²) in [6.45, 7) is 0. The summed E-state index contributed by atoms with van der Waals surface area (Å²) in [7, 11) is 0. The van der Waals surface area contributed by atoms with Gasteiger partial charge in [-0.2, -0.15) is 0 Å². The average Bonchev–Trinajstić information content (AvgIpc) is 2.38. The number of carbonyl (C=O) groups excluding carboxylic acids is 1. The molecule has 0 N–H and O–H groups in total. The zero-order valence-electron chi connectivity index (χ0n) is 8.67. The number of thioether (sulfide) groups is 1. The molecule has 16 heavy (non-hydrogen) atoms. The Bertz CT molecular complexity index is 456. The minimum atomic E-state index is 0.113. The van der Waals surface area contributed by atoms with Crippen LogP contribution in [0, 0.1) is 0 Å². The number of rotatable bonds is 4. The molecule has 1 aromatic carbocycles. The summed E-state index contributed by atoms with van der Waals surface area (Å²) < 4.78 is 0. The number of Topliss-reactive ketones (excluding diaryl/α,β-unsaturated/α-hetero) is 1. The predicted octanol–water partition coefficient (Wildman–Crippen LogP) is 3.06. The number of hydrogen-bond donors (Lipinski definition) is 0. The van der Waals surface area contributed by atoms with Crippen molar-refractivity contribution in [2.75, 3.05) is 5.75 Å². The van der Waals surface area contributed by atoms with Crippen molar-refractivity contribution in [2.24, 2.45) is 0 Å². The van der Waals surface area contributed by atoms with Crippen LogP contribution in [0.4, 0.5) is 0 Å². The molecule has 0 amide bonds. The molecule has 80 valence electrons. The van der Waals surface area contributed by atoms with Crippen molar-refractivity contribution in [1.82, 2.24) is 4.98 Å². The molecule has 0 aliphatic carbocycles. The van der Waals surface area contributed by atoms with Gasteiger partial charge in [0.25, 0.3) is 0 Å². The van der Waals surface area contributed by atoms with E-state index in [4.69, 9.17) is 0 Å². The predicted molar refractivity (Wildman–Crippen MR) is 65.7 cm³/mol. The summed E-state index contributed by atoms with van der Waals surface area (Å²) in [4.78, 5) is 16.8. The fraction of sp³-hybridized carbons (Fsp3) is 0.0769. The normalized spacial score (nSPS) is 10.0. The van der Waals surface area contributed by atoms with Gasteiger partial charge >= 0.3 is 0 Å². The summed E-state index contributed by atoms with van der Waals surface area (Å²) in [6.07, 6.45) is 3.27. The maximum absolute atomic E-state index is 11.8. The first-order valence-corrected chi connectivity index (χ1v) is 5.96. The molecule has 1 aromatic heterocycles. The highest BCUT2D eigenvalue weighted by Crippen LogP contribution is 2.18. The van der Waals surface area contributed by atoms with Crippen molar-refractivity contribution in [3.05, 3.63) is 60.4 Å². The number of hydrogen-bond acceptors (Lipinski definition) is 3. The number of nitrogens with zero attached hydrogens (tertiary/aromatic N) is 1. The van der Waals surface area contributed by atoms with Gasteiger partial charge in [-0.3, -0.25) is 9.78 Å². The third kappa shape index (κ3) is 2.94. The number of benzene rings is 1. The molecule has 0 bridgehead atoms. The molecule has 0 aliphatic rings. The van der Waals surface area contributed by atoms with E-state index in [1.54, 1.807) is 36.3 Å². The van der Waals surface area contributed by atoms with E-state index < -0.39 is 0 Å². The number of aromatic nitrogens is 1. The van der Waals surface area contributed by atoms with E-state index in [0.29, 0.717) is 11.3 Å². The summed E-state index contributed by atoms with van der Waals surface area (Å²) in [5.74, 6) is 0.567. The topological polar surface area (TPSA) is 30.0 Å². The van der Waals surface area contributed by atoms with Gasteiger partial charge in [-0.25, -0.2) is 0 Å². The van der Waals surface area contributed by atoms with E-state index in [9.17, 15) is 4.79 Å². The molecule has 0 radical (unpaired) electrons. The van der Waals surface area contributed by atoms with Crippen molar-refractivity contribution < 1.29 is 4.79 Å².